The van der Waals surface area contributed by atoms with Gasteiger partial charge in [0.2, 0.25) is 0 Å². The molecule has 5 aliphatic rings. The highest BCUT2D eigenvalue weighted by atomic mass is 19.4. The third-order valence-corrected chi connectivity index (χ3v) is 10.3. The van der Waals surface area contributed by atoms with Gasteiger partial charge in [-0.15, -0.1) is 0 Å². The van der Waals surface area contributed by atoms with Crippen molar-refractivity contribution in [2.24, 2.45) is 23.2 Å². The average molecular weight is 551 g/mol. The number of alkyl halides is 4. The van der Waals surface area contributed by atoms with E-state index >= 15 is 4.39 Å². The van der Waals surface area contributed by atoms with Crippen molar-refractivity contribution < 1.29 is 17.6 Å². The van der Waals surface area contributed by atoms with Crippen LogP contribution in [0.4, 0.5) is 17.6 Å². The van der Waals surface area contributed by atoms with Gasteiger partial charge >= 0.3 is 11.9 Å². The summed E-state index contributed by atoms with van der Waals surface area (Å²) in [4.78, 5) is 18.0. The molecule has 4 unspecified atom stereocenters. The molecule has 214 valence electrons. The molecule has 5 fully saturated rings. The molecule has 39 heavy (non-hydrogen) atoms. The molecule has 5 atom stereocenters. The summed E-state index contributed by atoms with van der Waals surface area (Å²) < 4.78 is 60.5. The number of nitrogens with zero attached hydrogens (tertiary/aromatic N) is 4. The van der Waals surface area contributed by atoms with Gasteiger partial charge in [0.25, 0.3) is 0 Å². The van der Waals surface area contributed by atoms with Gasteiger partial charge in [-0.25, -0.2) is 20.0 Å². The summed E-state index contributed by atoms with van der Waals surface area (Å²) in [7, 11) is 2.04. The predicted octanol–water partition coefficient (Wildman–Crippen LogP) is 4.13. The van der Waals surface area contributed by atoms with Crippen LogP contribution in [-0.4, -0.2) is 57.9 Å². The Labute approximate surface area is 225 Å². The van der Waals surface area contributed by atoms with Gasteiger partial charge in [0.1, 0.15) is 6.17 Å². The van der Waals surface area contributed by atoms with Crippen LogP contribution in [0.15, 0.2) is 23.3 Å². The van der Waals surface area contributed by atoms with Gasteiger partial charge in [-0.1, -0.05) is 19.3 Å². The number of hydrazine groups is 1. The second kappa shape index (κ2) is 9.29. The lowest BCUT2D eigenvalue weighted by Gasteiger charge is -2.46. The predicted molar refractivity (Wildman–Crippen MR) is 138 cm³/mol. The largest absolute Gasteiger partial charge is 0.418 e. The number of nitrogens with one attached hydrogen (secondary N) is 2. The second-order valence-corrected chi connectivity index (χ2v) is 13.1. The van der Waals surface area contributed by atoms with E-state index in [1.807, 2.05) is 7.05 Å². The van der Waals surface area contributed by atoms with Crippen LogP contribution >= 0.6 is 0 Å². The molecule has 3 saturated carbocycles. The number of imidazole rings is 1. The van der Waals surface area contributed by atoms with Crippen LogP contribution in [0.25, 0.3) is 5.52 Å². The molecule has 7 rings (SSSR count). The lowest BCUT2D eigenvalue weighted by molar-refractivity contribution is -0.136. The molecule has 11 heteroatoms. The van der Waals surface area contributed by atoms with Crippen molar-refractivity contribution in [3.05, 3.63) is 40.1 Å². The van der Waals surface area contributed by atoms with Crippen molar-refractivity contribution in [3.63, 3.8) is 0 Å². The molecule has 0 amide bonds. The minimum absolute atomic E-state index is 0.0395. The van der Waals surface area contributed by atoms with Gasteiger partial charge in [-0.05, 0) is 74.0 Å². The molecule has 2 aliphatic heterocycles. The third-order valence-electron chi connectivity index (χ3n) is 10.3. The lowest BCUT2D eigenvalue weighted by atomic mass is 9.64. The summed E-state index contributed by atoms with van der Waals surface area (Å²) in [5.41, 5.74) is 6.01. The fraction of sp³-hybridized carbons (Fsp3) is 0.750. The third kappa shape index (κ3) is 4.63. The van der Waals surface area contributed by atoms with Gasteiger partial charge in [0, 0.05) is 38.1 Å². The van der Waals surface area contributed by atoms with Gasteiger partial charge < -0.3 is 0 Å². The Hall–Kier alpha value is -1.95. The van der Waals surface area contributed by atoms with Crippen LogP contribution in [0.2, 0.25) is 0 Å². The molecule has 0 radical (unpaired) electrons. The first-order chi connectivity index (χ1) is 18.6. The van der Waals surface area contributed by atoms with Crippen LogP contribution in [0.1, 0.15) is 68.5 Å². The van der Waals surface area contributed by atoms with Crippen LogP contribution in [0.3, 0.4) is 0 Å². The molecular formula is C28H38F4N6O. The highest BCUT2D eigenvalue weighted by Crippen LogP contribution is 2.53. The number of hydrogen-bond acceptors (Lipinski definition) is 5. The quantitative estimate of drug-likeness (QED) is 0.530. The SMILES string of the molecule is CN1CNNC1[C@@H](C1CCC1)C1CC(F)CC(n2cc3c(C(F)(F)F)cc(CN4CC5(CC5)C4)cn3c2=O)C1. The van der Waals surface area contributed by atoms with Crippen molar-refractivity contribution in [2.75, 3.05) is 26.8 Å². The zero-order chi connectivity index (χ0) is 27.1. The topological polar surface area (TPSA) is 56.9 Å². The standard InChI is InChI=1S/C28H38F4N6O/c1-35-16-33-34-25(35)24(18-3-2-4-18)19-8-20(29)10-21(9-19)37-13-23-22(28(30,31)32)7-17(12-38(23)26(37)39)11-36-14-27(15-36)5-6-27/h7,12-13,18-21,24-25,33-34H,2-6,8-11,14-16H2,1H3/t19?,20?,21?,24-,25?/m0/s1. The van der Waals surface area contributed by atoms with E-state index in [2.05, 4.69) is 20.7 Å². The molecule has 3 aliphatic carbocycles. The maximum absolute atomic E-state index is 15.3. The monoisotopic (exact) mass is 550 g/mol. The van der Waals surface area contributed by atoms with E-state index in [0.717, 1.165) is 30.3 Å². The van der Waals surface area contributed by atoms with Gasteiger partial charge in [0.15, 0.2) is 0 Å². The van der Waals surface area contributed by atoms with Gasteiger partial charge in [-0.3, -0.25) is 18.8 Å². The lowest BCUT2D eigenvalue weighted by Crippen LogP contribution is -2.51. The zero-order valence-corrected chi connectivity index (χ0v) is 22.4. The van der Waals surface area contributed by atoms with Crippen LogP contribution < -0.4 is 16.5 Å². The average Bonchev–Trinajstić information content (AvgIpc) is 3.40. The van der Waals surface area contributed by atoms with E-state index in [-0.39, 0.29) is 29.9 Å². The van der Waals surface area contributed by atoms with E-state index in [4.69, 9.17) is 0 Å². The van der Waals surface area contributed by atoms with Gasteiger partial charge in [-0.2, -0.15) is 13.2 Å². The highest BCUT2D eigenvalue weighted by molar-refractivity contribution is 5.56. The van der Waals surface area contributed by atoms with E-state index in [9.17, 15) is 18.0 Å². The molecule has 2 N–H and O–H groups in total. The molecule has 2 saturated heterocycles. The Morgan fingerprint density at radius 2 is 1.87 bits per heavy atom. The molecular weight excluding hydrogens is 512 g/mol. The fourth-order valence-corrected chi connectivity index (χ4v) is 8.01. The van der Waals surface area contributed by atoms with Crippen molar-refractivity contribution >= 4 is 5.52 Å². The smallest absolute Gasteiger partial charge is 0.298 e. The number of pyridine rings is 1. The summed E-state index contributed by atoms with van der Waals surface area (Å²) in [6.07, 6.45) is 4.25. The van der Waals surface area contributed by atoms with Crippen molar-refractivity contribution in [1.29, 1.82) is 0 Å². The Balaban J connectivity index is 1.21. The Kier molecular flexibility index (Phi) is 6.19. The first kappa shape index (κ1) is 26.0. The second-order valence-electron chi connectivity index (χ2n) is 13.1. The first-order valence-corrected chi connectivity index (χ1v) is 14.5. The summed E-state index contributed by atoms with van der Waals surface area (Å²) >= 11 is 0. The van der Waals surface area contributed by atoms with Crippen LogP contribution in [0.5, 0.6) is 0 Å². The number of rotatable bonds is 6. The number of aromatic nitrogens is 2. The maximum Gasteiger partial charge on any atom is 0.418 e. The van der Waals surface area contributed by atoms with Crippen molar-refractivity contribution in [2.45, 2.75) is 82.5 Å². The van der Waals surface area contributed by atoms with E-state index in [1.54, 1.807) is 6.20 Å². The Morgan fingerprint density at radius 3 is 2.49 bits per heavy atom. The number of halogens is 4. The minimum atomic E-state index is -4.59. The Bertz CT molecular complexity index is 1290. The van der Waals surface area contributed by atoms with Gasteiger partial charge in [0.05, 0.1) is 23.9 Å². The summed E-state index contributed by atoms with van der Waals surface area (Å²) in [5, 5.41) is 0. The molecule has 4 heterocycles. The van der Waals surface area contributed by atoms with Crippen molar-refractivity contribution in [3.8, 4) is 0 Å². The summed E-state index contributed by atoms with van der Waals surface area (Å²) in [6.45, 7) is 2.92. The number of hydrogen-bond donors (Lipinski definition) is 2. The van der Waals surface area contributed by atoms with E-state index in [0.29, 0.717) is 43.0 Å². The number of likely N-dealkylation sites (tertiary alicyclic amines) is 1. The normalized spacial score (nSPS) is 32.4. The van der Waals surface area contributed by atoms with Crippen LogP contribution in [0, 0.1) is 23.2 Å². The van der Waals surface area contributed by atoms with E-state index < -0.39 is 29.6 Å². The minimum Gasteiger partial charge on any atom is -0.298 e. The highest BCUT2D eigenvalue weighted by Gasteiger charge is 2.52. The first-order valence-electron chi connectivity index (χ1n) is 14.5. The molecule has 7 nitrogen and oxygen atoms in total. The van der Waals surface area contributed by atoms with E-state index in [1.165, 1.54) is 36.1 Å². The van der Waals surface area contributed by atoms with Crippen molar-refractivity contribution in [1.82, 2.24) is 29.6 Å². The molecule has 2 aromatic rings. The fourth-order valence-electron chi connectivity index (χ4n) is 8.01. The number of fused-ring (bicyclic) bond motifs is 1. The molecule has 1 spiro atoms. The summed E-state index contributed by atoms with van der Waals surface area (Å²) in [5.74, 6) is 0.745. The summed E-state index contributed by atoms with van der Waals surface area (Å²) in [6, 6.07) is 0.725. The maximum atomic E-state index is 15.3. The zero-order valence-electron chi connectivity index (χ0n) is 22.4. The molecule has 2 aromatic heterocycles. The molecule has 0 aromatic carbocycles. The van der Waals surface area contributed by atoms with Crippen LogP contribution in [-0.2, 0) is 12.7 Å². The Morgan fingerprint density at radius 1 is 1.10 bits per heavy atom. The molecule has 0 bridgehead atoms.